The molecule has 0 bridgehead atoms. The molecule has 2 aromatic rings. The number of amides is 1. The lowest BCUT2D eigenvalue weighted by atomic mass is 10.0. The number of rotatable bonds is 10. The highest BCUT2D eigenvalue weighted by Gasteiger charge is 2.13. The average molecular weight is 403 g/mol. The summed E-state index contributed by atoms with van der Waals surface area (Å²) in [7, 11) is -3.46. The van der Waals surface area contributed by atoms with Crippen LogP contribution in [0, 0.1) is 0 Å². The highest BCUT2D eigenvalue weighted by atomic mass is 32.2. The van der Waals surface area contributed by atoms with Crippen LogP contribution in [0.5, 0.6) is 0 Å². The SMILES string of the molecule is CCCNS(=O)(=O)c1ccc(CCC(=O)Nc2c(CC)cccc2CC)cc1. The highest BCUT2D eigenvalue weighted by molar-refractivity contribution is 7.89. The van der Waals surface area contributed by atoms with Gasteiger partial charge in [-0.15, -0.1) is 0 Å². The Bertz CT molecular complexity index is 868. The summed E-state index contributed by atoms with van der Waals surface area (Å²) in [5.41, 5.74) is 4.15. The second-order valence-corrected chi connectivity index (χ2v) is 8.52. The second-order valence-electron chi connectivity index (χ2n) is 6.75. The molecule has 2 rings (SSSR count). The van der Waals surface area contributed by atoms with Gasteiger partial charge in [-0.2, -0.15) is 0 Å². The minimum atomic E-state index is -3.46. The summed E-state index contributed by atoms with van der Waals surface area (Å²) in [5.74, 6) is -0.0306. The number of hydrogen-bond donors (Lipinski definition) is 2. The van der Waals surface area contributed by atoms with Gasteiger partial charge in [-0.1, -0.05) is 51.1 Å². The first-order valence-corrected chi connectivity index (χ1v) is 11.4. The van der Waals surface area contributed by atoms with Crippen LogP contribution >= 0.6 is 0 Å². The number of sulfonamides is 1. The molecule has 152 valence electrons. The second kappa shape index (κ2) is 10.4. The van der Waals surface area contributed by atoms with Crippen molar-refractivity contribution in [3.8, 4) is 0 Å². The quantitative estimate of drug-likeness (QED) is 0.629. The van der Waals surface area contributed by atoms with Gasteiger partial charge in [-0.05, 0) is 54.5 Å². The van der Waals surface area contributed by atoms with E-state index in [9.17, 15) is 13.2 Å². The fourth-order valence-electron chi connectivity index (χ4n) is 3.02. The van der Waals surface area contributed by atoms with Crippen LogP contribution in [0.4, 0.5) is 5.69 Å². The van der Waals surface area contributed by atoms with Crippen LogP contribution < -0.4 is 10.0 Å². The summed E-state index contributed by atoms with van der Waals surface area (Å²) in [6, 6.07) is 12.8. The molecule has 0 saturated heterocycles. The molecule has 1 amide bonds. The van der Waals surface area contributed by atoms with Crippen molar-refractivity contribution in [1.29, 1.82) is 0 Å². The Kier molecular flexibility index (Phi) is 8.20. The molecule has 0 saturated carbocycles. The van der Waals surface area contributed by atoms with E-state index in [0.29, 0.717) is 19.4 Å². The van der Waals surface area contributed by atoms with Crippen LogP contribution in [0.25, 0.3) is 0 Å². The van der Waals surface area contributed by atoms with Crippen LogP contribution in [0.2, 0.25) is 0 Å². The molecule has 2 aromatic carbocycles. The number of carbonyl (C=O) groups excluding carboxylic acids is 1. The first kappa shape index (κ1) is 22.1. The molecule has 0 unspecified atom stereocenters. The molecule has 0 aliphatic rings. The number of benzene rings is 2. The van der Waals surface area contributed by atoms with E-state index >= 15 is 0 Å². The van der Waals surface area contributed by atoms with Gasteiger partial charge in [0.15, 0.2) is 0 Å². The van der Waals surface area contributed by atoms with Crippen LogP contribution in [-0.2, 0) is 34.1 Å². The fourth-order valence-corrected chi connectivity index (χ4v) is 4.15. The van der Waals surface area contributed by atoms with Crippen LogP contribution in [0.3, 0.4) is 0 Å². The number of aryl methyl sites for hydroxylation is 3. The third-order valence-electron chi connectivity index (χ3n) is 4.68. The lowest BCUT2D eigenvalue weighted by Crippen LogP contribution is -2.24. The van der Waals surface area contributed by atoms with Crippen molar-refractivity contribution in [1.82, 2.24) is 4.72 Å². The maximum Gasteiger partial charge on any atom is 0.240 e. The number of anilines is 1. The first-order chi connectivity index (χ1) is 13.4. The standard InChI is InChI=1S/C22H30N2O3S/c1-4-16-23-28(26,27)20-13-10-17(11-14-20)12-15-21(25)24-22-18(5-2)8-7-9-19(22)6-3/h7-11,13-14,23H,4-6,12,15-16H2,1-3H3,(H,24,25). The third kappa shape index (κ3) is 5.91. The Balaban J connectivity index is 1.99. The lowest BCUT2D eigenvalue weighted by Gasteiger charge is -2.14. The van der Waals surface area contributed by atoms with Gasteiger partial charge in [0.2, 0.25) is 15.9 Å². The third-order valence-corrected chi connectivity index (χ3v) is 6.16. The maximum absolute atomic E-state index is 12.4. The average Bonchev–Trinajstić information content (AvgIpc) is 2.71. The summed E-state index contributed by atoms with van der Waals surface area (Å²) in [4.78, 5) is 12.7. The zero-order valence-corrected chi connectivity index (χ0v) is 17.7. The molecule has 28 heavy (non-hydrogen) atoms. The predicted molar refractivity (Wildman–Crippen MR) is 114 cm³/mol. The number of carbonyl (C=O) groups is 1. The van der Waals surface area contributed by atoms with Gasteiger partial charge in [-0.3, -0.25) is 4.79 Å². The summed E-state index contributed by atoms with van der Waals surface area (Å²) >= 11 is 0. The Morgan fingerprint density at radius 3 is 2.07 bits per heavy atom. The zero-order chi connectivity index (χ0) is 20.6. The fraction of sp³-hybridized carbons (Fsp3) is 0.409. The van der Waals surface area contributed by atoms with E-state index < -0.39 is 10.0 Å². The summed E-state index contributed by atoms with van der Waals surface area (Å²) < 4.78 is 26.8. The van der Waals surface area contributed by atoms with Crippen molar-refractivity contribution in [2.45, 2.75) is 57.8 Å². The largest absolute Gasteiger partial charge is 0.326 e. The van der Waals surface area contributed by atoms with E-state index in [1.54, 1.807) is 24.3 Å². The minimum Gasteiger partial charge on any atom is -0.326 e. The molecule has 0 heterocycles. The molecule has 0 aliphatic heterocycles. The van der Waals surface area contributed by atoms with Gasteiger partial charge >= 0.3 is 0 Å². The molecule has 0 atom stereocenters. The van der Waals surface area contributed by atoms with E-state index in [0.717, 1.165) is 41.6 Å². The molecule has 6 heteroatoms. The molecular formula is C22H30N2O3S. The van der Waals surface area contributed by atoms with Crippen molar-refractivity contribution in [2.75, 3.05) is 11.9 Å². The normalized spacial score (nSPS) is 11.4. The van der Waals surface area contributed by atoms with Gasteiger partial charge in [0.05, 0.1) is 4.90 Å². The molecule has 0 radical (unpaired) electrons. The van der Waals surface area contributed by atoms with E-state index in [-0.39, 0.29) is 10.8 Å². The Morgan fingerprint density at radius 1 is 0.929 bits per heavy atom. The molecular weight excluding hydrogens is 372 g/mol. The van der Waals surface area contributed by atoms with Crippen molar-refractivity contribution < 1.29 is 13.2 Å². The highest BCUT2D eigenvalue weighted by Crippen LogP contribution is 2.23. The zero-order valence-electron chi connectivity index (χ0n) is 16.9. The predicted octanol–water partition coefficient (Wildman–Crippen LogP) is 4.07. The smallest absolute Gasteiger partial charge is 0.240 e. The minimum absolute atomic E-state index is 0.0306. The van der Waals surface area contributed by atoms with Crippen LogP contribution in [-0.4, -0.2) is 20.9 Å². The number of nitrogens with one attached hydrogen (secondary N) is 2. The molecule has 0 aromatic heterocycles. The summed E-state index contributed by atoms with van der Waals surface area (Å²) in [5, 5.41) is 3.07. The van der Waals surface area contributed by atoms with E-state index in [4.69, 9.17) is 0 Å². The van der Waals surface area contributed by atoms with Crippen molar-refractivity contribution in [3.63, 3.8) is 0 Å². The van der Waals surface area contributed by atoms with Gasteiger partial charge in [0, 0.05) is 18.7 Å². The van der Waals surface area contributed by atoms with Gasteiger partial charge < -0.3 is 5.32 Å². The van der Waals surface area contributed by atoms with Gasteiger partial charge in [0.1, 0.15) is 0 Å². The Labute approximate surface area is 168 Å². The van der Waals surface area contributed by atoms with E-state index in [1.165, 1.54) is 0 Å². The Hall–Kier alpha value is -2.18. The first-order valence-electron chi connectivity index (χ1n) is 9.90. The Morgan fingerprint density at radius 2 is 1.54 bits per heavy atom. The molecule has 0 aliphatic carbocycles. The topological polar surface area (TPSA) is 75.3 Å². The molecule has 0 spiro atoms. The van der Waals surface area contributed by atoms with Gasteiger partial charge in [-0.25, -0.2) is 13.1 Å². The molecule has 0 fully saturated rings. The van der Waals surface area contributed by atoms with Crippen LogP contribution in [0.15, 0.2) is 47.4 Å². The number of para-hydroxylation sites is 1. The molecule has 2 N–H and O–H groups in total. The van der Waals surface area contributed by atoms with Crippen LogP contribution in [0.1, 0.15) is 50.3 Å². The lowest BCUT2D eigenvalue weighted by molar-refractivity contribution is -0.116. The van der Waals surface area contributed by atoms with Crippen molar-refractivity contribution >= 4 is 21.6 Å². The van der Waals surface area contributed by atoms with E-state index in [1.807, 2.05) is 25.1 Å². The van der Waals surface area contributed by atoms with Gasteiger partial charge in [0.25, 0.3) is 0 Å². The molecule has 5 nitrogen and oxygen atoms in total. The van der Waals surface area contributed by atoms with E-state index in [2.05, 4.69) is 23.9 Å². The summed E-state index contributed by atoms with van der Waals surface area (Å²) in [6.45, 7) is 6.49. The summed E-state index contributed by atoms with van der Waals surface area (Å²) in [6.07, 6.45) is 3.38. The maximum atomic E-state index is 12.4. The monoisotopic (exact) mass is 402 g/mol. The number of hydrogen-bond acceptors (Lipinski definition) is 3. The van der Waals surface area contributed by atoms with Crippen molar-refractivity contribution in [2.24, 2.45) is 0 Å². The van der Waals surface area contributed by atoms with Crippen molar-refractivity contribution in [3.05, 3.63) is 59.2 Å².